The van der Waals surface area contributed by atoms with Crippen LogP contribution in [0.2, 0.25) is 5.02 Å². The van der Waals surface area contributed by atoms with Crippen LogP contribution in [0.15, 0.2) is 54.6 Å². The average Bonchev–Trinajstić information content (AvgIpc) is 2.65. The van der Waals surface area contributed by atoms with Gasteiger partial charge in [-0.2, -0.15) is 0 Å². The van der Waals surface area contributed by atoms with Gasteiger partial charge < -0.3 is 9.64 Å². The molecule has 0 amide bonds. The Morgan fingerprint density at radius 2 is 1.68 bits per heavy atom. The van der Waals surface area contributed by atoms with Gasteiger partial charge in [0.1, 0.15) is 6.23 Å². The highest BCUT2D eigenvalue weighted by molar-refractivity contribution is 6.30. The molecule has 2 aliphatic rings. The summed E-state index contributed by atoms with van der Waals surface area (Å²) < 4.78 is 6.66. The predicted molar refractivity (Wildman–Crippen MR) is 102 cm³/mol. The van der Waals surface area contributed by atoms with E-state index >= 15 is 0 Å². The summed E-state index contributed by atoms with van der Waals surface area (Å²) in [5.41, 5.74) is 2.43. The third-order valence-electron chi connectivity index (χ3n) is 5.57. The first-order valence-electron chi connectivity index (χ1n) is 9.06. The molecule has 25 heavy (non-hydrogen) atoms. The van der Waals surface area contributed by atoms with Crippen LogP contribution in [0.25, 0.3) is 0 Å². The number of likely N-dealkylation sites (tertiary alicyclic amines) is 1. The number of ether oxygens (including phenoxy) is 1. The molecule has 2 aliphatic heterocycles. The highest BCUT2D eigenvalue weighted by Crippen LogP contribution is 2.43. The summed E-state index contributed by atoms with van der Waals surface area (Å²) in [7, 11) is 2.19. The van der Waals surface area contributed by atoms with Crippen molar-refractivity contribution in [2.45, 2.75) is 37.1 Å². The summed E-state index contributed by atoms with van der Waals surface area (Å²) >= 11 is 6.07. The number of hydrogen-bond donors (Lipinski definition) is 1. The molecule has 0 saturated carbocycles. The zero-order valence-corrected chi connectivity index (χ0v) is 15.4. The first kappa shape index (κ1) is 17.0. The van der Waals surface area contributed by atoms with E-state index in [1.165, 1.54) is 5.56 Å². The maximum Gasteiger partial charge on any atom is 0.135 e. The molecule has 2 fully saturated rings. The van der Waals surface area contributed by atoms with E-state index in [1.807, 2.05) is 12.1 Å². The number of hydrogen-bond acceptors (Lipinski definition) is 3. The van der Waals surface area contributed by atoms with Crippen LogP contribution >= 0.6 is 11.6 Å². The number of nitrogens with one attached hydrogen (secondary N) is 1. The molecule has 4 rings (SSSR count). The van der Waals surface area contributed by atoms with Crippen molar-refractivity contribution < 1.29 is 4.74 Å². The molecule has 0 aromatic heterocycles. The second-order valence-corrected chi connectivity index (χ2v) is 7.81. The second kappa shape index (κ2) is 7.08. The molecular weight excluding hydrogens is 332 g/mol. The first-order valence-corrected chi connectivity index (χ1v) is 9.44. The minimum atomic E-state index is -0.0976. The topological polar surface area (TPSA) is 24.5 Å². The van der Waals surface area contributed by atoms with E-state index in [9.17, 15) is 0 Å². The molecule has 4 heteroatoms. The maximum absolute atomic E-state index is 6.66. The highest BCUT2D eigenvalue weighted by Gasteiger charge is 2.43. The molecule has 1 spiro atoms. The molecule has 2 aromatic carbocycles. The fraction of sp³-hybridized carbons (Fsp3) is 0.429. The Morgan fingerprint density at radius 1 is 1.00 bits per heavy atom. The summed E-state index contributed by atoms with van der Waals surface area (Å²) in [6.07, 6.45) is 3.09. The lowest BCUT2D eigenvalue weighted by Gasteiger charge is -2.49. The Balaban J connectivity index is 1.64. The van der Waals surface area contributed by atoms with E-state index < -0.39 is 0 Å². The Morgan fingerprint density at radius 3 is 2.36 bits per heavy atom. The van der Waals surface area contributed by atoms with E-state index in [1.54, 1.807) is 0 Å². The van der Waals surface area contributed by atoms with Crippen LogP contribution in [-0.4, -0.2) is 30.6 Å². The molecule has 1 N–H and O–H groups in total. The normalized spacial score (nSPS) is 26.6. The third-order valence-corrected chi connectivity index (χ3v) is 5.82. The van der Waals surface area contributed by atoms with Gasteiger partial charge in [-0.3, -0.25) is 5.32 Å². The van der Waals surface area contributed by atoms with Gasteiger partial charge in [0, 0.05) is 24.2 Å². The van der Waals surface area contributed by atoms with Crippen molar-refractivity contribution in [3.05, 3.63) is 70.7 Å². The van der Waals surface area contributed by atoms with E-state index in [2.05, 4.69) is 59.7 Å². The van der Waals surface area contributed by atoms with Crippen LogP contribution in [0.4, 0.5) is 0 Å². The van der Waals surface area contributed by atoms with E-state index in [0.717, 1.165) is 42.9 Å². The second-order valence-electron chi connectivity index (χ2n) is 7.37. The summed E-state index contributed by atoms with van der Waals surface area (Å²) in [6.45, 7) is 2.18. The van der Waals surface area contributed by atoms with Crippen LogP contribution in [-0.2, 0) is 4.74 Å². The Labute approximate surface area is 154 Å². The van der Waals surface area contributed by atoms with Crippen LogP contribution in [0.1, 0.15) is 42.7 Å². The van der Waals surface area contributed by atoms with Crippen molar-refractivity contribution in [1.29, 1.82) is 0 Å². The molecule has 2 aromatic rings. The Hall–Kier alpha value is -1.39. The Kier molecular flexibility index (Phi) is 4.83. The van der Waals surface area contributed by atoms with Crippen molar-refractivity contribution in [2.24, 2.45) is 0 Å². The van der Waals surface area contributed by atoms with Gasteiger partial charge in [0.2, 0.25) is 0 Å². The number of benzene rings is 2. The van der Waals surface area contributed by atoms with Gasteiger partial charge in [0.25, 0.3) is 0 Å². The van der Waals surface area contributed by atoms with Gasteiger partial charge in [0.05, 0.1) is 5.60 Å². The quantitative estimate of drug-likeness (QED) is 0.854. The molecule has 2 atom stereocenters. The van der Waals surface area contributed by atoms with Crippen LogP contribution in [0.3, 0.4) is 0 Å². The van der Waals surface area contributed by atoms with Gasteiger partial charge >= 0.3 is 0 Å². The molecule has 0 unspecified atom stereocenters. The molecule has 0 radical (unpaired) electrons. The van der Waals surface area contributed by atoms with Crippen LogP contribution < -0.4 is 5.32 Å². The SMILES string of the molecule is CN1CCC2(CC1)C[C@H](c1ccccc1)N[C@H](c1ccc(Cl)cc1)O2. The lowest BCUT2D eigenvalue weighted by atomic mass is 9.81. The largest absolute Gasteiger partial charge is 0.352 e. The summed E-state index contributed by atoms with van der Waals surface area (Å²) in [5, 5.41) is 4.47. The van der Waals surface area contributed by atoms with E-state index in [4.69, 9.17) is 16.3 Å². The average molecular weight is 357 g/mol. The zero-order chi connectivity index (χ0) is 17.3. The van der Waals surface area contributed by atoms with Gasteiger partial charge in [-0.25, -0.2) is 0 Å². The van der Waals surface area contributed by atoms with Gasteiger partial charge in [-0.1, -0.05) is 54.1 Å². The number of rotatable bonds is 2. The zero-order valence-electron chi connectivity index (χ0n) is 14.6. The van der Waals surface area contributed by atoms with Crippen LogP contribution in [0.5, 0.6) is 0 Å². The van der Waals surface area contributed by atoms with Gasteiger partial charge in [-0.15, -0.1) is 0 Å². The van der Waals surface area contributed by atoms with Gasteiger partial charge in [0.15, 0.2) is 0 Å². The number of halogens is 1. The summed E-state index contributed by atoms with van der Waals surface area (Å²) in [6, 6.07) is 19.0. The minimum absolute atomic E-state index is 0.0530. The molecule has 0 aliphatic carbocycles. The monoisotopic (exact) mass is 356 g/mol. The smallest absolute Gasteiger partial charge is 0.135 e. The maximum atomic E-state index is 6.66. The summed E-state index contributed by atoms with van der Waals surface area (Å²) in [4.78, 5) is 2.39. The van der Waals surface area contributed by atoms with Crippen molar-refractivity contribution in [3.8, 4) is 0 Å². The fourth-order valence-corrected chi connectivity index (χ4v) is 4.12. The molecular formula is C21H25ClN2O. The molecule has 2 saturated heterocycles. The molecule has 2 heterocycles. The number of nitrogens with zero attached hydrogens (tertiary/aromatic N) is 1. The van der Waals surface area contributed by atoms with E-state index in [-0.39, 0.29) is 11.8 Å². The molecule has 132 valence electrons. The fourth-order valence-electron chi connectivity index (χ4n) is 4.00. The standard InChI is InChI=1S/C21H25ClN2O/c1-24-13-11-21(12-14-24)15-19(16-5-3-2-4-6-16)23-20(25-21)17-7-9-18(22)10-8-17/h2-10,19-20,23H,11-15H2,1H3/t19-,20+/m1/s1. The Bertz CT molecular complexity index is 696. The lowest BCUT2D eigenvalue weighted by Crippen LogP contribution is -2.52. The number of piperidine rings is 1. The predicted octanol–water partition coefficient (Wildman–Crippen LogP) is 4.55. The van der Waals surface area contributed by atoms with Gasteiger partial charge in [-0.05, 0) is 49.6 Å². The van der Waals surface area contributed by atoms with Crippen molar-refractivity contribution in [2.75, 3.05) is 20.1 Å². The first-order chi connectivity index (χ1) is 12.1. The minimum Gasteiger partial charge on any atom is -0.352 e. The van der Waals surface area contributed by atoms with Crippen molar-refractivity contribution in [3.63, 3.8) is 0 Å². The third kappa shape index (κ3) is 3.75. The highest BCUT2D eigenvalue weighted by atomic mass is 35.5. The lowest BCUT2D eigenvalue weighted by molar-refractivity contribution is -0.174. The van der Waals surface area contributed by atoms with Crippen molar-refractivity contribution >= 4 is 11.6 Å². The van der Waals surface area contributed by atoms with Crippen LogP contribution in [0, 0.1) is 0 Å². The van der Waals surface area contributed by atoms with E-state index in [0.29, 0.717) is 6.04 Å². The summed E-state index contributed by atoms with van der Waals surface area (Å²) in [5.74, 6) is 0. The molecule has 3 nitrogen and oxygen atoms in total. The molecule has 0 bridgehead atoms. The van der Waals surface area contributed by atoms with Crippen molar-refractivity contribution in [1.82, 2.24) is 10.2 Å².